The first kappa shape index (κ1) is 18.1. The van der Waals surface area contributed by atoms with Gasteiger partial charge in [0.25, 0.3) is 5.91 Å². The number of aromatic hydroxyl groups is 1. The molecule has 0 aromatic heterocycles. The van der Waals surface area contributed by atoms with E-state index < -0.39 is 33.9 Å². The largest absolute Gasteiger partial charge is 0.507 e. The Labute approximate surface area is 139 Å². The predicted molar refractivity (Wildman–Crippen MR) is 84.7 cm³/mol. The molecule has 1 aliphatic rings. The number of esters is 1. The molecule has 24 heavy (non-hydrogen) atoms. The van der Waals surface area contributed by atoms with Crippen LogP contribution in [-0.4, -0.2) is 56.2 Å². The lowest BCUT2D eigenvalue weighted by Gasteiger charge is -2.17. The zero-order valence-electron chi connectivity index (χ0n) is 13.3. The van der Waals surface area contributed by atoms with Gasteiger partial charge in [0.05, 0.1) is 18.6 Å². The number of nitrogens with one attached hydrogen (secondary N) is 1. The van der Waals surface area contributed by atoms with Crippen LogP contribution in [-0.2, 0) is 19.4 Å². The molecule has 9 heteroatoms. The average Bonchev–Trinajstić information content (AvgIpc) is 2.85. The zero-order chi connectivity index (χ0) is 17.9. The molecule has 0 radical (unpaired) electrons. The summed E-state index contributed by atoms with van der Waals surface area (Å²) in [5.74, 6) is -1.48. The normalized spacial score (nSPS) is 20.2. The summed E-state index contributed by atoms with van der Waals surface area (Å²) in [7, 11) is -1.69. The molecule has 0 spiro atoms. The molecule has 0 unspecified atom stereocenters. The van der Waals surface area contributed by atoms with Crippen LogP contribution in [0.2, 0.25) is 0 Å². The van der Waals surface area contributed by atoms with Crippen molar-refractivity contribution in [3.05, 3.63) is 23.8 Å². The summed E-state index contributed by atoms with van der Waals surface area (Å²) >= 11 is 0. The van der Waals surface area contributed by atoms with E-state index in [9.17, 15) is 23.1 Å². The Kier molecular flexibility index (Phi) is 5.33. The molecule has 8 nitrogen and oxygen atoms in total. The third-order valence-electron chi connectivity index (χ3n) is 3.66. The van der Waals surface area contributed by atoms with Gasteiger partial charge in [-0.2, -0.15) is 0 Å². The molecule has 1 amide bonds. The van der Waals surface area contributed by atoms with Crippen LogP contribution >= 0.6 is 0 Å². The molecular weight excluding hydrogens is 338 g/mol. The molecule has 1 aliphatic heterocycles. The number of sulfone groups is 1. The first-order valence-electron chi connectivity index (χ1n) is 7.30. The second kappa shape index (κ2) is 7.08. The number of benzene rings is 1. The minimum atomic E-state index is -3.11. The van der Waals surface area contributed by atoms with E-state index in [1.54, 1.807) is 0 Å². The molecule has 2 atom stereocenters. The summed E-state index contributed by atoms with van der Waals surface area (Å²) in [6, 6.07) is 3.58. The van der Waals surface area contributed by atoms with Crippen molar-refractivity contribution in [2.75, 3.05) is 18.6 Å². The molecule has 132 valence electrons. The summed E-state index contributed by atoms with van der Waals surface area (Å²) in [4.78, 5) is 24.0. The van der Waals surface area contributed by atoms with E-state index in [4.69, 9.17) is 9.47 Å². The van der Waals surface area contributed by atoms with Gasteiger partial charge in [0.15, 0.2) is 15.9 Å². The third-order valence-corrected chi connectivity index (χ3v) is 5.42. The fourth-order valence-corrected chi connectivity index (χ4v) is 3.99. The molecule has 0 saturated carbocycles. The molecule has 1 saturated heterocycles. The number of rotatable bonds is 5. The highest BCUT2D eigenvalue weighted by molar-refractivity contribution is 7.91. The van der Waals surface area contributed by atoms with Gasteiger partial charge in [-0.1, -0.05) is 0 Å². The standard InChI is InChI=1S/C15H19NO7S/c1-9(14(18)16-10-5-6-24(20,21)8-10)23-15(19)12-4-3-11(22-2)7-13(12)17/h3-4,7,9-10,17H,5-6,8H2,1-2H3,(H,16,18)/t9-,10+/m1/s1. The van der Waals surface area contributed by atoms with Crippen LogP contribution in [0.3, 0.4) is 0 Å². The molecule has 1 heterocycles. The Bertz CT molecular complexity index is 744. The highest BCUT2D eigenvalue weighted by atomic mass is 32.2. The fraction of sp³-hybridized carbons (Fsp3) is 0.467. The summed E-state index contributed by atoms with van der Waals surface area (Å²) in [6.07, 6.45) is -0.782. The predicted octanol–water partition coefficient (Wildman–Crippen LogP) is 0.249. The van der Waals surface area contributed by atoms with Gasteiger partial charge < -0.3 is 19.9 Å². The number of hydrogen-bond donors (Lipinski definition) is 2. The fourth-order valence-electron chi connectivity index (χ4n) is 2.32. The summed E-state index contributed by atoms with van der Waals surface area (Å²) in [5.41, 5.74) is -0.0982. The maximum absolute atomic E-state index is 12.0. The second-order valence-corrected chi connectivity index (χ2v) is 7.77. The van der Waals surface area contributed by atoms with E-state index in [1.165, 1.54) is 32.2 Å². The first-order valence-corrected chi connectivity index (χ1v) is 9.13. The molecule has 2 N–H and O–H groups in total. The molecule has 0 bridgehead atoms. The minimum Gasteiger partial charge on any atom is -0.507 e. The average molecular weight is 357 g/mol. The third kappa shape index (κ3) is 4.38. The molecule has 2 rings (SSSR count). The van der Waals surface area contributed by atoms with Crippen molar-refractivity contribution in [2.24, 2.45) is 0 Å². The summed E-state index contributed by atoms with van der Waals surface area (Å²) < 4.78 is 32.7. The molecule has 1 aromatic rings. The van der Waals surface area contributed by atoms with E-state index in [2.05, 4.69) is 5.32 Å². The van der Waals surface area contributed by atoms with Gasteiger partial charge in [-0.15, -0.1) is 0 Å². The number of ether oxygens (including phenoxy) is 2. The number of carbonyl (C=O) groups is 2. The van der Waals surface area contributed by atoms with E-state index in [0.29, 0.717) is 12.2 Å². The van der Waals surface area contributed by atoms with E-state index >= 15 is 0 Å². The van der Waals surface area contributed by atoms with Gasteiger partial charge in [0.2, 0.25) is 0 Å². The monoisotopic (exact) mass is 357 g/mol. The molecule has 1 aromatic carbocycles. The number of amides is 1. The van der Waals surface area contributed by atoms with Crippen LogP contribution in [0.4, 0.5) is 0 Å². The van der Waals surface area contributed by atoms with Crippen molar-refractivity contribution in [1.29, 1.82) is 0 Å². The Morgan fingerprint density at radius 1 is 1.38 bits per heavy atom. The zero-order valence-corrected chi connectivity index (χ0v) is 14.1. The van der Waals surface area contributed by atoms with Crippen molar-refractivity contribution in [2.45, 2.75) is 25.5 Å². The van der Waals surface area contributed by atoms with Crippen molar-refractivity contribution in [3.63, 3.8) is 0 Å². The highest BCUT2D eigenvalue weighted by Gasteiger charge is 2.31. The topological polar surface area (TPSA) is 119 Å². The van der Waals surface area contributed by atoms with Gasteiger partial charge in [-0.25, -0.2) is 13.2 Å². The number of carbonyl (C=O) groups excluding carboxylic acids is 2. The van der Waals surface area contributed by atoms with Gasteiger partial charge in [-0.05, 0) is 25.5 Å². The molecule has 0 aliphatic carbocycles. The van der Waals surface area contributed by atoms with Crippen LogP contribution in [0.5, 0.6) is 11.5 Å². The smallest absolute Gasteiger partial charge is 0.342 e. The van der Waals surface area contributed by atoms with Crippen LogP contribution in [0.1, 0.15) is 23.7 Å². The number of phenolic OH excluding ortho intramolecular Hbond substituents is 1. The second-order valence-electron chi connectivity index (χ2n) is 5.54. The van der Waals surface area contributed by atoms with Crippen LogP contribution in [0.15, 0.2) is 18.2 Å². The van der Waals surface area contributed by atoms with E-state index in [0.717, 1.165) is 0 Å². The van der Waals surface area contributed by atoms with Crippen LogP contribution in [0.25, 0.3) is 0 Å². The summed E-state index contributed by atoms with van der Waals surface area (Å²) in [6.45, 7) is 1.37. The maximum Gasteiger partial charge on any atom is 0.342 e. The minimum absolute atomic E-state index is 0.0336. The van der Waals surface area contributed by atoms with Gasteiger partial charge >= 0.3 is 5.97 Å². The number of hydrogen-bond acceptors (Lipinski definition) is 7. The lowest BCUT2D eigenvalue weighted by molar-refractivity contribution is -0.129. The van der Waals surface area contributed by atoms with Crippen molar-refractivity contribution < 1.29 is 32.6 Å². The van der Waals surface area contributed by atoms with Gasteiger partial charge in [-0.3, -0.25) is 4.79 Å². The van der Waals surface area contributed by atoms with Crippen molar-refractivity contribution in [1.82, 2.24) is 5.32 Å². The van der Waals surface area contributed by atoms with Crippen molar-refractivity contribution >= 4 is 21.7 Å². The Hall–Kier alpha value is -2.29. The Balaban J connectivity index is 1.95. The molecule has 1 fully saturated rings. The number of methoxy groups -OCH3 is 1. The Morgan fingerprint density at radius 2 is 2.08 bits per heavy atom. The van der Waals surface area contributed by atoms with Crippen LogP contribution < -0.4 is 10.1 Å². The number of phenols is 1. The highest BCUT2D eigenvalue weighted by Crippen LogP contribution is 2.24. The van der Waals surface area contributed by atoms with Gasteiger partial charge in [0.1, 0.15) is 17.1 Å². The summed E-state index contributed by atoms with van der Waals surface area (Å²) in [5, 5.41) is 12.3. The van der Waals surface area contributed by atoms with Crippen LogP contribution in [0, 0.1) is 0 Å². The lowest BCUT2D eigenvalue weighted by atomic mass is 10.2. The Morgan fingerprint density at radius 3 is 2.62 bits per heavy atom. The quantitative estimate of drug-likeness (QED) is 0.725. The molecular formula is C15H19NO7S. The SMILES string of the molecule is COc1ccc(C(=O)O[C@H](C)C(=O)N[C@H]2CCS(=O)(=O)C2)c(O)c1. The van der Waals surface area contributed by atoms with Crippen molar-refractivity contribution in [3.8, 4) is 11.5 Å². The maximum atomic E-state index is 12.0. The first-order chi connectivity index (χ1) is 11.2. The lowest BCUT2D eigenvalue weighted by Crippen LogP contribution is -2.42. The van der Waals surface area contributed by atoms with Gasteiger partial charge in [0, 0.05) is 12.1 Å². The van der Waals surface area contributed by atoms with E-state index in [-0.39, 0.29) is 22.8 Å². The van der Waals surface area contributed by atoms with E-state index in [1.807, 2.05) is 0 Å².